The van der Waals surface area contributed by atoms with Crippen molar-refractivity contribution in [1.82, 2.24) is 14.3 Å². The number of amides is 1. The highest BCUT2D eigenvalue weighted by Crippen LogP contribution is 2.26. The number of carbonyl (C=O) groups is 1. The summed E-state index contributed by atoms with van der Waals surface area (Å²) in [6.45, 7) is 0. The third-order valence-corrected chi connectivity index (χ3v) is 4.02. The van der Waals surface area contributed by atoms with Gasteiger partial charge in [0, 0.05) is 12.7 Å². The Bertz CT molecular complexity index is 732. The fourth-order valence-corrected chi connectivity index (χ4v) is 2.72. The summed E-state index contributed by atoms with van der Waals surface area (Å²) in [5, 5.41) is 16.6. The SMILES string of the molecule is Cn1cnn(-c2ccc(NC(=O)C3CCCC3O)cc2)c1=O. The highest BCUT2D eigenvalue weighted by molar-refractivity contribution is 5.93. The molecule has 2 unspecified atom stereocenters. The molecule has 2 N–H and O–H groups in total. The van der Waals surface area contributed by atoms with Gasteiger partial charge >= 0.3 is 5.69 Å². The number of rotatable bonds is 3. The number of nitrogens with one attached hydrogen (secondary N) is 1. The number of nitrogens with zero attached hydrogens (tertiary/aromatic N) is 3. The van der Waals surface area contributed by atoms with Crippen LogP contribution in [0.3, 0.4) is 0 Å². The monoisotopic (exact) mass is 302 g/mol. The Labute approximate surface area is 127 Å². The zero-order valence-corrected chi connectivity index (χ0v) is 12.3. The van der Waals surface area contributed by atoms with Gasteiger partial charge in [-0.3, -0.25) is 9.36 Å². The minimum absolute atomic E-state index is 0.159. The van der Waals surface area contributed by atoms with Crippen molar-refractivity contribution in [2.24, 2.45) is 13.0 Å². The Hall–Kier alpha value is -2.41. The van der Waals surface area contributed by atoms with Gasteiger partial charge in [-0.2, -0.15) is 9.78 Å². The fraction of sp³-hybridized carbons (Fsp3) is 0.400. The Morgan fingerprint density at radius 3 is 2.59 bits per heavy atom. The second-order valence-corrected chi connectivity index (χ2v) is 5.58. The molecular weight excluding hydrogens is 284 g/mol. The molecule has 7 heteroatoms. The molecule has 2 atom stereocenters. The van der Waals surface area contributed by atoms with Gasteiger partial charge < -0.3 is 10.4 Å². The summed E-state index contributed by atoms with van der Waals surface area (Å²) in [6, 6.07) is 6.87. The fourth-order valence-electron chi connectivity index (χ4n) is 2.72. The molecule has 0 spiro atoms. The van der Waals surface area contributed by atoms with Crippen molar-refractivity contribution in [2.75, 3.05) is 5.32 Å². The first kappa shape index (κ1) is 14.5. The molecule has 116 valence electrons. The van der Waals surface area contributed by atoms with Crippen LogP contribution in [0, 0.1) is 5.92 Å². The topological polar surface area (TPSA) is 89.2 Å². The van der Waals surface area contributed by atoms with E-state index in [2.05, 4.69) is 10.4 Å². The smallest absolute Gasteiger partial charge is 0.350 e. The first-order chi connectivity index (χ1) is 10.6. The van der Waals surface area contributed by atoms with E-state index in [0.717, 1.165) is 6.42 Å². The number of hydrogen-bond acceptors (Lipinski definition) is 4. The van der Waals surface area contributed by atoms with Crippen molar-refractivity contribution in [2.45, 2.75) is 25.4 Å². The van der Waals surface area contributed by atoms with E-state index in [4.69, 9.17) is 0 Å². The van der Waals surface area contributed by atoms with E-state index in [1.807, 2.05) is 0 Å². The molecular formula is C15H18N4O3. The molecule has 1 fully saturated rings. The highest BCUT2D eigenvalue weighted by atomic mass is 16.3. The largest absolute Gasteiger partial charge is 0.392 e. The number of aryl methyl sites for hydroxylation is 1. The predicted molar refractivity (Wildman–Crippen MR) is 80.8 cm³/mol. The molecule has 0 bridgehead atoms. The van der Waals surface area contributed by atoms with Gasteiger partial charge in [0.05, 0.1) is 17.7 Å². The van der Waals surface area contributed by atoms with Crippen molar-refractivity contribution >= 4 is 11.6 Å². The lowest BCUT2D eigenvalue weighted by Gasteiger charge is -2.14. The first-order valence-electron chi connectivity index (χ1n) is 7.26. The average molecular weight is 302 g/mol. The van der Waals surface area contributed by atoms with Crippen molar-refractivity contribution in [3.8, 4) is 5.69 Å². The van der Waals surface area contributed by atoms with Gasteiger partial charge in [-0.05, 0) is 43.5 Å². The number of carbonyl (C=O) groups excluding carboxylic acids is 1. The number of anilines is 1. The van der Waals surface area contributed by atoms with E-state index in [-0.39, 0.29) is 17.5 Å². The van der Waals surface area contributed by atoms with Gasteiger partial charge in [-0.15, -0.1) is 0 Å². The van der Waals surface area contributed by atoms with Crippen LogP contribution in [-0.4, -0.2) is 31.5 Å². The zero-order chi connectivity index (χ0) is 15.7. The van der Waals surface area contributed by atoms with E-state index >= 15 is 0 Å². The van der Waals surface area contributed by atoms with Gasteiger partial charge in [0.1, 0.15) is 6.33 Å². The second-order valence-electron chi connectivity index (χ2n) is 5.58. The molecule has 1 amide bonds. The Kier molecular flexibility index (Phi) is 3.81. The Morgan fingerprint density at radius 1 is 1.32 bits per heavy atom. The second kappa shape index (κ2) is 5.76. The normalized spacial score (nSPS) is 21.0. The van der Waals surface area contributed by atoms with E-state index in [9.17, 15) is 14.7 Å². The zero-order valence-electron chi connectivity index (χ0n) is 12.3. The maximum Gasteiger partial charge on any atom is 0.350 e. The number of aliphatic hydroxyl groups excluding tert-OH is 1. The molecule has 1 aliphatic rings. The van der Waals surface area contributed by atoms with E-state index in [1.165, 1.54) is 15.6 Å². The third kappa shape index (κ3) is 2.67. The van der Waals surface area contributed by atoms with Crippen molar-refractivity contribution < 1.29 is 9.90 Å². The number of aliphatic hydroxyl groups is 1. The summed E-state index contributed by atoms with van der Waals surface area (Å²) in [5.41, 5.74) is 1.03. The minimum atomic E-state index is -0.550. The van der Waals surface area contributed by atoms with Gasteiger partial charge in [-0.25, -0.2) is 4.79 Å². The standard InChI is InChI=1S/C15H18N4O3/c1-18-9-16-19(15(18)22)11-7-5-10(6-8-11)17-14(21)12-3-2-4-13(12)20/h5-9,12-13,20H,2-4H2,1H3,(H,17,21). The summed E-state index contributed by atoms with van der Waals surface area (Å²) in [7, 11) is 1.63. The lowest BCUT2D eigenvalue weighted by Crippen LogP contribution is -2.28. The molecule has 1 aromatic carbocycles. The Balaban J connectivity index is 1.73. The third-order valence-electron chi connectivity index (χ3n) is 4.02. The van der Waals surface area contributed by atoms with E-state index in [1.54, 1.807) is 31.3 Å². The van der Waals surface area contributed by atoms with Crippen molar-refractivity contribution in [3.63, 3.8) is 0 Å². The van der Waals surface area contributed by atoms with Gasteiger partial charge in [-0.1, -0.05) is 0 Å². The lowest BCUT2D eigenvalue weighted by molar-refractivity contribution is -0.122. The van der Waals surface area contributed by atoms with Crippen LogP contribution in [0.1, 0.15) is 19.3 Å². The van der Waals surface area contributed by atoms with Crippen LogP contribution in [0.5, 0.6) is 0 Å². The maximum absolute atomic E-state index is 12.1. The summed E-state index contributed by atoms with van der Waals surface area (Å²) < 4.78 is 2.67. The van der Waals surface area contributed by atoms with Gasteiger partial charge in [0.15, 0.2) is 0 Å². The van der Waals surface area contributed by atoms with Crippen molar-refractivity contribution in [1.29, 1.82) is 0 Å². The van der Waals surface area contributed by atoms with Crippen LogP contribution in [0.25, 0.3) is 5.69 Å². The van der Waals surface area contributed by atoms with Crippen LogP contribution in [0.4, 0.5) is 5.69 Å². The number of benzene rings is 1. The van der Waals surface area contributed by atoms with Crippen molar-refractivity contribution in [3.05, 3.63) is 41.1 Å². The molecule has 1 saturated carbocycles. The van der Waals surface area contributed by atoms with Gasteiger partial charge in [0.25, 0.3) is 0 Å². The van der Waals surface area contributed by atoms with Gasteiger partial charge in [0.2, 0.25) is 5.91 Å². The Morgan fingerprint density at radius 2 is 2.05 bits per heavy atom. The molecule has 2 aromatic rings. The molecule has 22 heavy (non-hydrogen) atoms. The molecule has 1 aromatic heterocycles. The van der Waals surface area contributed by atoms with Crippen LogP contribution in [0.2, 0.25) is 0 Å². The first-order valence-corrected chi connectivity index (χ1v) is 7.26. The molecule has 1 heterocycles. The van der Waals surface area contributed by atoms with Crippen LogP contribution in [-0.2, 0) is 11.8 Å². The average Bonchev–Trinajstić information content (AvgIpc) is 3.07. The highest BCUT2D eigenvalue weighted by Gasteiger charge is 2.31. The summed E-state index contributed by atoms with van der Waals surface area (Å²) in [6.07, 6.45) is 3.17. The van der Waals surface area contributed by atoms with Crippen LogP contribution in [0.15, 0.2) is 35.4 Å². The molecule has 0 radical (unpaired) electrons. The molecule has 3 rings (SSSR count). The van der Waals surface area contributed by atoms with Crippen LogP contribution < -0.4 is 11.0 Å². The van der Waals surface area contributed by atoms with Crippen LogP contribution >= 0.6 is 0 Å². The van der Waals surface area contributed by atoms with E-state index in [0.29, 0.717) is 24.2 Å². The summed E-state index contributed by atoms with van der Waals surface area (Å²) >= 11 is 0. The summed E-state index contributed by atoms with van der Waals surface area (Å²) in [5.74, 6) is -0.495. The van der Waals surface area contributed by atoms with E-state index < -0.39 is 6.10 Å². The molecule has 7 nitrogen and oxygen atoms in total. The molecule has 0 aliphatic heterocycles. The minimum Gasteiger partial charge on any atom is -0.392 e. The molecule has 1 aliphatic carbocycles. The molecule has 0 saturated heterocycles. The maximum atomic E-state index is 12.1. The predicted octanol–water partition coefficient (Wildman–Crippen LogP) is 0.670. The summed E-state index contributed by atoms with van der Waals surface area (Å²) in [4.78, 5) is 23.9. The quantitative estimate of drug-likeness (QED) is 0.872. The number of aromatic nitrogens is 3. The lowest BCUT2D eigenvalue weighted by atomic mass is 10.1. The number of hydrogen-bond donors (Lipinski definition) is 2.